The quantitative estimate of drug-likeness (QED) is 0.231. The lowest BCUT2D eigenvalue weighted by molar-refractivity contribution is -0.120. The van der Waals surface area contributed by atoms with Crippen molar-refractivity contribution in [3.05, 3.63) is 110 Å². The molecule has 1 aliphatic carbocycles. The van der Waals surface area contributed by atoms with E-state index in [1.165, 1.54) is 0 Å². The third kappa shape index (κ3) is 2.83. The smallest absolute Gasteiger partial charge is 0.335 e. The second-order valence-electron chi connectivity index (χ2n) is 8.12. The molecule has 0 atom stereocenters. The molecule has 1 aliphatic heterocycles. The zero-order chi connectivity index (χ0) is 23.6. The minimum absolute atomic E-state index is 0.125. The fourth-order valence-electron chi connectivity index (χ4n) is 5.19. The van der Waals surface area contributed by atoms with Gasteiger partial charge in [0.2, 0.25) is 0 Å². The summed E-state index contributed by atoms with van der Waals surface area (Å²) in [4.78, 5) is 22.7. The number of carboxylic acids is 1. The van der Waals surface area contributed by atoms with Crippen LogP contribution in [0.2, 0.25) is 0 Å². The predicted octanol–water partition coefficient (Wildman–Crippen LogP) is 6.91. The van der Waals surface area contributed by atoms with Crippen LogP contribution in [-0.4, -0.2) is 17.5 Å². The van der Waals surface area contributed by atoms with Gasteiger partial charge in [0.05, 0.1) is 11.0 Å². The highest BCUT2D eigenvalue weighted by Crippen LogP contribution is 2.63. The molecule has 5 nitrogen and oxygen atoms in total. The van der Waals surface area contributed by atoms with Crippen molar-refractivity contribution in [2.45, 2.75) is 5.41 Å². The summed E-state index contributed by atoms with van der Waals surface area (Å²) in [6, 6.07) is 22.7. The van der Waals surface area contributed by atoms with Crippen LogP contribution in [0.25, 0.3) is 11.1 Å². The summed E-state index contributed by atoms with van der Waals surface area (Å²) in [5.41, 5.74) is 5.33. The first-order valence-electron chi connectivity index (χ1n) is 10.3. The van der Waals surface area contributed by atoms with Crippen molar-refractivity contribution < 1.29 is 24.2 Å². The second kappa shape index (κ2) is 7.55. The normalized spacial score (nSPS) is 13.8. The van der Waals surface area contributed by atoms with Crippen molar-refractivity contribution in [1.29, 1.82) is 0 Å². The van der Waals surface area contributed by atoms with Crippen molar-refractivity contribution >= 4 is 44.3 Å². The van der Waals surface area contributed by atoms with Gasteiger partial charge in [-0.25, -0.2) is 4.79 Å². The van der Waals surface area contributed by atoms with Gasteiger partial charge in [0.25, 0.3) is 6.47 Å². The fraction of sp³-hybridized carbons (Fsp3) is 0.0370. The first-order valence-corrected chi connectivity index (χ1v) is 11.9. The van der Waals surface area contributed by atoms with Gasteiger partial charge in [-0.1, -0.05) is 56.1 Å². The number of carbonyl (C=O) groups is 2. The SMILES string of the molecule is O=COc1ccc2c(c1)Oc1cc(C(=O)O)ccc1C21c2cc(Br)ccc2-c2ccc(Br)cc21. The molecule has 0 radical (unpaired) electrons. The van der Waals surface area contributed by atoms with E-state index in [2.05, 4.69) is 56.1 Å². The van der Waals surface area contributed by atoms with Crippen LogP contribution in [0.3, 0.4) is 0 Å². The van der Waals surface area contributed by atoms with Gasteiger partial charge in [-0.2, -0.15) is 0 Å². The van der Waals surface area contributed by atoms with Gasteiger partial charge in [-0.05, 0) is 64.7 Å². The average molecular weight is 578 g/mol. The molecule has 7 heteroatoms. The van der Waals surface area contributed by atoms with Crippen molar-refractivity contribution in [3.63, 3.8) is 0 Å². The Morgan fingerprint density at radius 2 is 1.38 bits per heavy atom. The first kappa shape index (κ1) is 21.1. The van der Waals surface area contributed by atoms with Crippen molar-refractivity contribution in [2.24, 2.45) is 0 Å². The summed E-state index contributed by atoms with van der Waals surface area (Å²) in [6.07, 6.45) is 0. The van der Waals surface area contributed by atoms with Crippen LogP contribution < -0.4 is 9.47 Å². The number of carboxylic acid groups (broad SMARTS) is 1. The topological polar surface area (TPSA) is 72.8 Å². The molecular weight excluding hydrogens is 564 g/mol. The Balaban J connectivity index is 1.78. The Hall–Kier alpha value is -3.42. The number of ether oxygens (including phenoxy) is 2. The minimum atomic E-state index is -1.04. The highest BCUT2D eigenvalue weighted by Gasteiger charge is 2.51. The monoisotopic (exact) mass is 576 g/mol. The lowest BCUT2D eigenvalue weighted by Crippen LogP contribution is -2.32. The van der Waals surface area contributed by atoms with Gasteiger partial charge in [0.15, 0.2) is 0 Å². The maximum atomic E-state index is 11.7. The van der Waals surface area contributed by atoms with Crippen molar-refractivity contribution in [1.82, 2.24) is 0 Å². The molecule has 0 bridgehead atoms. The van der Waals surface area contributed by atoms with E-state index in [-0.39, 0.29) is 5.56 Å². The van der Waals surface area contributed by atoms with Gasteiger partial charge >= 0.3 is 5.97 Å². The lowest BCUT2D eigenvalue weighted by atomic mass is 9.66. The molecule has 1 spiro atoms. The molecule has 34 heavy (non-hydrogen) atoms. The molecule has 4 aromatic carbocycles. The zero-order valence-corrected chi connectivity index (χ0v) is 20.5. The molecule has 6 rings (SSSR count). The highest BCUT2D eigenvalue weighted by atomic mass is 79.9. The van der Waals surface area contributed by atoms with Crippen LogP contribution in [0.5, 0.6) is 17.2 Å². The van der Waals surface area contributed by atoms with Gasteiger partial charge in [0.1, 0.15) is 17.2 Å². The number of benzene rings is 4. The number of hydrogen-bond acceptors (Lipinski definition) is 4. The average Bonchev–Trinajstić information content (AvgIpc) is 3.08. The Morgan fingerprint density at radius 3 is 1.97 bits per heavy atom. The molecule has 1 N–H and O–H groups in total. The third-order valence-corrected chi connectivity index (χ3v) is 7.44. The largest absolute Gasteiger partial charge is 0.478 e. The van der Waals surface area contributed by atoms with Crippen LogP contribution in [0, 0.1) is 0 Å². The van der Waals surface area contributed by atoms with Gasteiger partial charge in [-0.3, -0.25) is 4.79 Å². The maximum Gasteiger partial charge on any atom is 0.335 e. The lowest BCUT2D eigenvalue weighted by Gasteiger charge is -2.39. The molecule has 2 aliphatic rings. The Kier molecular flexibility index (Phi) is 4.69. The molecule has 0 saturated carbocycles. The first-order chi connectivity index (χ1) is 16.4. The Morgan fingerprint density at radius 1 is 0.794 bits per heavy atom. The molecular formula is C27H14Br2O5. The highest BCUT2D eigenvalue weighted by molar-refractivity contribution is 9.10. The molecule has 0 saturated heterocycles. The van der Waals surface area contributed by atoms with Crippen molar-refractivity contribution in [2.75, 3.05) is 0 Å². The number of aromatic carboxylic acids is 1. The number of halogens is 2. The summed E-state index contributed by atoms with van der Waals surface area (Å²) in [6.45, 7) is 0.366. The summed E-state index contributed by atoms with van der Waals surface area (Å²) in [7, 11) is 0. The zero-order valence-electron chi connectivity index (χ0n) is 17.3. The number of rotatable bonds is 3. The van der Waals surface area contributed by atoms with Crippen LogP contribution in [-0.2, 0) is 10.2 Å². The second-order valence-corrected chi connectivity index (χ2v) is 9.95. The summed E-state index contributed by atoms with van der Waals surface area (Å²) < 4.78 is 13.2. The number of hydrogen-bond donors (Lipinski definition) is 1. The molecule has 166 valence electrons. The maximum absolute atomic E-state index is 11.7. The molecule has 4 aromatic rings. The molecule has 0 aromatic heterocycles. The van der Waals surface area contributed by atoms with E-state index < -0.39 is 11.4 Å². The minimum Gasteiger partial charge on any atom is -0.478 e. The summed E-state index contributed by atoms with van der Waals surface area (Å²) >= 11 is 7.28. The van der Waals surface area contributed by atoms with Crippen LogP contribution in [0.1, 0.15) is 32.6 Å². The molecule has 0 unspecified atom stereocenters. The van der Waals surface area contributed by atoms with Crippen LogP contribution in [0.4, 0.5) is 0 Å². The predicted molar refractivity (Wildman–Crippen MR) is 133 cm³/mol. The molecule has 0 fully saturated rings. The number of fused-ring (bicyclic) bond motifs is 9. The van der Waals surface area contributed by atoms with E-state index in [1.54, 1.807) is 24.3 Å². The van der Waals surface area contributed by atoms with Crippen LogP contribution in [0.15, 0.2) is 81.7 Å². The third-order valence-electron chi connectivity index (χ3n) is 6.46. The van der Waals surface area contributed by atoms with E-state index in [0.29, 0.717) is 23.7 Å². The van der Waals surface area contributed by atoms with E-state index in [4.69, 9.17) is 9.47 Å². The van der Waals surface area contributed by atoms with Gasteiger partial charge < -0.3 is 14.6 Å². The van der Waals surface area contributed by atoms with E-state index in [9.17, 15) is 14.7 Å². The molecule has 1 heterocycles. The van der Waals surface area contributed by atoms with E-state index in [1.807, 2.05) is 24.3 Å². The number of carbonyl (C=O) groups excluding carboxylic acids is 1. The fourth-order valence-corrected chi connectivity index (χ4v) is 5.91. The Bertz CT molecular complexity index is 1490. The van der Waals surface area contributed by atoms with Gasteiger partial charge in [0, 0.05) is 26.1 Å². The Labute approximate surface area is 211 Å². The van der Waals surface area contributed by atoms with E-state index in [0.717, 1.165) is 42.3 Å². The summed E-state index contributed by atoms with van der Waals surface area (Å²) in [5, 5.41) is 9.61. The standard InChI is InChI=1S/C27H14Br2O5/c28-15-2-5-18-19-6-3-16(29)11-23(19)27(22(18)10-15)20-7-1-14(26(31)32)9-24(20)34-25-12-17(33-13-30)4-8-21(25)27/h1-13H,(H,31,32). The van der Waals surface area contributed by atoms with Gasteiger partial charge in [-0.15, -0.1) is 0 Å². The van der Waals surface area contributed by atoms with E-state index >= 15 is 0 Å². The summed E-state index contributed by atoms with van der Waals surface area (Å²) in [5.74, 6) is 0.230. The molecule has 0 amide bonds. The van der Waals surface area contributed by atoms with Crippen molar-refractivity contribution in [3.8, 4) is 28.4 Å². The van der Waals surface area contributed by atoms with Crippen LogP contribution >= 0.6 is 31.9 Å².